The molecule has 108 valence electrons. The summed E-state index contributed by atoms with van der Waals surface area (Å²) in [6, 6.07) is 4.12. The van der Waals surface area contributed by atoms with Crippen molar-refractivity contribution in [3.8, 4) is 5.69 Å². The van der Waals surface area contributed by atoms with E-state index in [9.17, 15) is 0 Å². The van der Waals surface area contributed by atoms with Crippen LogP contribution in [0.5, 0.6) is 0 Å². The van der Waals surface area contributed by atoms with Gasteiger partial charge in [-0.3, -0.25) is 0 Å². The second-order valence-electron chi connectivity index (χ2n) is 4.57. The van der Waals surface area contributed by atoms with Crippen LogP contribution in [0.15, 0.2) is 16.6 Å². The highest BCUT2D eigenvalue weighted by Crippen LogP contribution is 2.24. The molecule has 0 radical (unpaired) electrons. The van der Waals surface area contributed by atoms with Crippen molar-refractivity contribution >= 4 is 15.9 Å². The number of aromatic nitrogens is 4. The minimum atomic E-state index is 0.602. The van der Waals surface area contributed by atoms with Gasteiger partial charge in [0.2, 0.25) is 0 Å². The number of halogens is 1. The number of methoxy groups -OCH3 is 1. The Morgan fingerprint density at radius 1 is 1.30 bits per heavy atom. The summed E-state index contributed by atoms with van der Waals surface area (Å²) in [5.74, 6) is 0.780. The molecule has 0 unspecified atom stereocenters. The van der Waals surface area contributed by atoms with E-state index in [2.05, 4.69) is 62.8 Å². The summed E-state index contributed by atoms with van der Waals surface area (Å²) in [6.45, 7) is 6.15. The molecule has 0 fully saturated rings. The molecule has 0 aliphatic carbocycles. The molecule has 0 bridgehead atoms. The molecule has 1 heterocycles. The average molecular weight is 340 g/mol. The fourth-order valence-electron chi connectivity index (χ4n) is 1.94. The van der Waals surface area contributed by atoms with E-state index in [1.165, 1.54) is 0 Å². The van der Waals surface area contributed by atoms with E-state index in [0.29, 0.717) is 13.2 Å². The lowest BCUT2D eigenvalue weighted by Crippen LogP contribution is -2.21. The van der Waals surface area contributed by atoms with Crippen LogP contribution in [-0.2, 0) is 11.3 Å². The van der Waals surface area contributed by atoms with E-state index in [0.717, 1.165) is 33.7 Å². The Bertz CT molecular complexity index is 561. The van der Waals surface area contributed by atoms with Crippen LogP contribution in [-0.4, -0.2) is 40.5 Å². The highest BCUT2D eigenvalue weighted by molar-refractivity contribution is 9.10. The Morgan fingerprint density at radius 2 is 2.00 bits per heavy atom. The summed E-state index contributed by atoms with van der Waals surface area (Å²) >= 11 is 3.57. The lowest BCUT2D eigenvalue weighted by molar-refractivity contribution is 0.199. The van der Waals surface area contributed by atoms with Gasteiger partial charge in [0.1, 0.15) is 0 Å². The molecule has 1 N–H and O–H groups in total. The third-order valence-corrected chi connectivity index (χ3v) is 4.22. The van der Waals surface area contributed by atoms with Crippen LogP contribution >= 0.6 is 15.9 Å². The standard InChI is InChI=1S/C13H18BrN5O/c1-9-6-11(7-10(2)13(9)14)19-12(16-17-18-19)8-15-4-5-20-3/h6-7,15H,4-5,8H2,1-3H3. The first-order valence-electron chi connectivity index (χ1n) is 6.37. The van der Waals surface area contributed by atoms with Crippen LogP contribution in [0.3, 0.4) is 0 Å². The molecule has 20 heavy (non-hydrogen) atoms. The Hall–Kier alpha value is -1.31. The number of nitrogens with one attached hydrogen (secondary N) is 1. The zero-order valence-corrected chi connectivity index (χ0v) is 13.4. The molecule has 1 aromatic heterocycles. The predicted molar refractivity (Wildman–Crippen MR) is 79.9 cm³/mol. The van der Waals surface area contributed by atoms with Crippen LogP contribution in [0.25, 0.3) is 5.69 Å². The predicted octanol–water partition coefficient (Wildman–Crippen LogP) is 1.78. The lowest BCUT2D eigenvalue weighted by atomic mass is 10.1. The van der Waals surface area contributed by atoms with Gasteiger partial charge in [0.25, 0.3) is 0 Å². The number of aryl methyl sites for hydroxylation is 2. The van der Waals surface area contributed by atoms with Crippen LogP contribution in [0.1, 0.15) is 17.0 Å². The molecule has 0 saturated carbocycles. The van der Waals surface area contributed by atoms with Gasteiger partial charge in [0.05, 0.1) is 18.8 Å². The summed E-state index contributed by atoms with van der Waals surface area (Å²) in [6.07, 6.45) is 0. The van der Waals surface area contributed by atoms with Gasteiger partial charge < -0.3 is 10.1 Å². The fourth-order valence-corrected chi connectivity index (χ4v) is 2.17. The van der Waals surface area contributed by atoms with Gasteiger partial charge in [0, 0.05) is 18.1 Å². The molecule has 1 aromatic carbocycles. The zero-order chi connectivity index (χ0) is 14.5. The molecule has 2 rings (SSSR count). The summed E-state index contributed by atoms with van der Waals surface area (Å²) < 4.78 is 7.87. The van der Waals surface area contributed by atoms with E-state index in [1.54, 1.807) is 11.8 Å². The first-order valence-corrected chi connectivity index (χ1v) is 7.17. The third kappa shape index (κ3) is 3.41. The van der Waals surface area contributed by atoms with Crippen LogP contribution in [0, 0.1) is 13.8 Å². The summed E-state index contributed by atoms with van der Waals surface area (Å²) in [5.41, 5.74) is 3.29. The number of hydrogen-bond donors (Lipinski definition) is 1. The third-order valence-electron chi connectivity index (χ3n) is 2.97. The van der Waals surface area contributed by atoms with E-state index in [-0.39, 0.29) is 0 Å². The average Bonchev–Trinajstić information content (AvgIpc) is 2.89. The van der Waals surface area contributed by atoms with E-state index in [1.807, 2.05) is 0 Å². The van der Waals surface area contributed by atoms with E-state index >= 15 is 0 Å². The maximum absolute atomic E-state index is 4.99. The largest absolute Gasteiger partial charge is 0.383 e. The number of hydrogen-bond acceptors (Lipinski definition) is 5. The van der Waals surface area contributed by atoms with E-state index < -0.39 is 0 Å². The van der Waals surface area contributed by atoms with Crippen molar-refractivity contribution < 1.29 is 4.74 Å². The molecular formula is C13H18BrN5O. The van der Waals surface area contributed by atoms with Gasteiger partial charge in [-0.25, -0.2) is 0 Å². The topological polar surface area (TPSA) is 64.9 Å². The van der Waals surface area contributed by atoms with Crippen molar-refractivity contribution in [1.82, 2.24) is 25.5 Å². The highest BCUT2D eigenvalue weighted by Gasteiger charge is 2.10. The molecular weight excluding hydrogens is 322 g/mol. The Kier molecular flexibility index (Phi) is 5.22. The maximum Gasteiger partial charge on any atom is 0.170 e. The van der Waals surface area contributed by atoms with Crippen molar-refractivity contribution in [2.24, 2.45) is 0 Å². The second-order valence-corrected chi connectivity index (χ2v) is 5.36. The minimum absolute atomic E-state index is 0.602. The summed E-state index contributed by atoms with van der Waals surface area (Å²) in [7, 11) is 1.68. The van der Waals surface area contributed by atoms with Gasteiger partial charge in [-0.1, -0.05) is 15.9 Å². The molecule has 0 saturated heterocycles. The molecule has 0 aliphatic heterocycles. The second kappa shape index (κ2) is 6.92. The number of rotatable bonds is 6. The Morgan fingerprint density at radius 3 is 2.65 bits per heavy atom. The van der Waals surface area contributed by atoms with E-state index in [4.69, 9.17) is 4.74 Å². The zero-order valence-electron chi connectivity index (χ0n) is 11.9. The molecule has 6 nitrogen and oxygen atoms in total. The molecule has 0 atom stereocenters. The van der Waals surface area contributed by atoms with Crippen molar-refractivity contribution in [3.05, 3.63) is 33.6 Å². The monoisotopic (exact) mass is 339 g/mol. The highest BCUT2D eigenvalue weighted by atomic mass is 79.9. The molecule has 2 aromatic rings. The number of tetrazole rings is 1. The van der Waals surface area contributed by atoms with Crippen LogP contribution in [0.4, 0.5) is 0 Å². The Balaban J connectivity index is 2.19. The number of benzene rings is 1. The normalized spacial score (nSPS) is 11.0. The maximum atomic E-state index is 4.99. The van der Waals surface area contributed by atoms with Crippen LogP contribution in [0.2, 0.25) is 0 Å². The SMILES string of the molecule is COCCNCc1nnnn1-c1cc(C)c(Br)c(C)c1. The molecule has 7 heteroatoms. The van der Waals surface area contributed by atoms with Crippen molar-refractivity contribution in [1.29, 1.82) is 0 Å². The van der Waals surface area contributed by atoms with Crippen LogP contribution < -0.4 is 5.32 Å². The quantitative estimate of drug-likeness (QED) is 0.812. The summed E-state index contributed by atoms with van der Waals surface area (Å²) in [5, 5.41) is 15.1. The Labute approximate surface area is 126 Å². The summed E-state index contributed by atoms with van der Waals surface area (Å²) in [4.78, 5) is 0. The van der Waals surface area contributed by atoms with Gasteiger partial charge in [-0.05, 0) is 47.5 Å². The minimum Gasteiger partial charge on any atom is -0.383 e. The van der Waals surface area contributed by atoms with Gasteiger partial charge >= 0.3 is 0 Å². The number of ether oxygens (including phenoxy) is 1. The van der Waals surface area contributed by atoms with Gasteiger partial charge in [0.15, 0.2) is 5.82 Å². The lowest BCUT2D eigenvalue weighted by Gasteiger charge is -2.09. The van der Waals surface area contributed by atoms with Gasteiger partial charge in [-0.2, -0.15) is 4.68 Å². The first-order chi connectivity index (χ1) is 9.63. The smallest absolute Gasteiger partial charge is 0.170 e. The van der Waals surface area contributed by atoms with Crippen molar-refractivity contribution in [2.75, 3.05) is 20.3 Å². The number of nitrogens with zero attached hydrogens (tertiary/aromatic N) is 4. The molecule has 0 amide bonds. The fraction of sp³-hybridized carbons (Fsp3) is 0.462. The van der Waals surface area contributed by atoms with Crippen molar-refractivity contribution in [2.45, 2.75) is 20.4 Å². The first kappa shape index (κ1) is 15.1. The molecule has 0 spiro atoms. The van der Waals surface area contributed by atoms with Crippen molar-refractivity contribution in [3.63, 3.8) is 0 Å². The molecule has 0 aliphatic rings. The van der Waals surface area contributed by atoms with Gasteiger partial charge in [-0.15, -0.1) is 5.10 Å².